The average molecular weight is 327 g/mol. The highest BCUT2D eigenvalue weighted by molar-refractivity contribution is 9.10. The van der Waals surface area contributed by atoms with Crippen LogP contribution in [0.5, 0.6) is 0 Å². The van der Waals surface area contributed by atoms with E-state index in [9.17, 15) is 9.59 Å². The number of carbonyl (C=O) groups is 1. The first-order valence-electron chi connectivity index (χ1n) is 6.80. The molecule has 0 unspecified atom stereocenters. The molecule has 1 fully saturated rings. The minimum Gasteiger partial charge on any atom is -0.352 e. The molecule has 1 aliphatic carbocycles. The Morgan fingerprint density at radius 1 is 1.26 bits per heavy atom. The van der Waals surface area contributed by atoms with Crippen LogP contribution in [0.3, 0.4) is 0 Å². The zero-order chi connectivity index (χ0) is 13.7. The number of nitrogens with one attached hydrogen (secondary N) is 1. The van der Waals surface area contributed by atoms with E-state index in [-0.39, 0.29) is 24.1 Å². The molecule has 1 N–H and O–H groups in total. The van der Waals surface area contributed by atoms with Gasteiger partial charge in [-0.1, -0.05) is 25.7 Å². The third-order valence-electron chi connectivity index (χ3n) is 3.48. The molecule has 1 heterocycles. The first-order chi connectivity index (χ1) is 9.15. The first kappa shape index (κ1) is 14.3. The van der Waals surface area contributed by atoms with Crippen LogP contribution in [-0.2, 0) is 11.3 Å². The Morgan fingerprint density at radius 2 is 1.95 bits per heavy atom. The molecule has 1 aromatic rings. The normalized spacial score (nSPS) is 16.9. The van der Waals surface area contributed by atoms with Gasteiger partial charge in [-0.25, -0.2) is 0 Å². The second-order valence-electron chi connectivity index (χ2n) is 5.07. The fraction of sp³-hybridized carbons (Fsp3) is 0.571. The van der Waals surface area contributed by atoms with E-state index in [1.807, 2.05) is 0 Å². The van der Waals surface area contributed by atoms with Crippen molar-refractivity contribution >= 4 is 21.8 Å². The molecule has 0 bridgehead atoms. The van der Waals surface area contributed by atoms with Crippen molar-refractivity contribution in [2.45, 2.75) is 51.1 Å². The molecular weight excluding hydrogens is 308 g/mol. The zero-order valence-corrected chi connectivity index (χ0v) is 12.5. The number of rotatable bonds is 3. The Morgan fingerprint density at radius 3 is 2.63 bits per heavy atom. The van der Waals surface area contributed by atoms with E-state index in [1.165, 1.54) is 36.3 Å². The van der Waals surface area contributed by atoms with Crippen molar-refractivity contribution in [3.63, 3.8) is 0 Å². The summed E-state index contributed by atoms with van der Waals surface area (Å²) >= 11 is 3.30. The summed E-state index contributed by atoms with van der Waals surface area (Å²) in [4.78, 5) is 23.6. The van der Waals surface area contributed by atoms with Crippen LogP contribution < -0.4 is 10.9 Å². The quantitative estimate of drug-likeness (QED) is 0.867. The summed E-state index contributed by atoms with van der Waals surface area (Å²) < 4.78 is 2.23. The standard InChI is InChI=1S/C14H19BrN2O2/c15-11-7-8-14(19)17(9-11)10-13(18)16-12-5-3-1-2-4-6-12/h7-9,12H,1-6,10H2,(H,16,18). The van der Waals surface area contributed by atoms with Crippen LogP contribution >= 0.6 is 15.9 Å². The van der Waals surface area contributed by atoms with Gasteiger partial charge >= 0.3 is 0 Å². The lowest BCUT2D eigenvalue weighted by molar-refractivity contribution is -0.122. The third kappa shape index (κ3) is 4.49. The van der Waals surface area contributed by atoms with Gasteiger partial charge in [0.15, 0.2) is 0 Å². The Labute approximate surface area is 121 Å². The molecule has 4 nitrogen and oxygen atoms in total. The number of aromatic nitrogens is 1. The molecule has 1 aromatic heterocycles. The van der Waals surface area contributed by atoms with Crippen molar-refractivity contribution in [3.05, 3.63) is 33.2 Å². The van der Waals surface area contributed by atoms with Gasteiger partial charge in [-0.3, -0.25) is 9.59 Å². The van der Waals surface area contributed by atoms with Gasteiger partial charge in [-0.05, 0) is 34.8 Å². The van der Waals surface area contributed by atoms with Crippen LogP contribution in [-0.4, -0.2) is 16.5 Å². The molecule has 1 saturated carbocycles. The number of nitrogens with zero attached hydrogens (tertiary/aromatic N) is 1. The maximum Gasteiger partial charge on any atom is 0.251 e. The average Bonchev–Trinajstić information content (AvgIpc) is 2.62. The fourth-order valence-corrected chi connectivity index (χ4v) is 2.86. The minimum absolute atomic E-state index is 0.0768. The highest BCUT2D eigenvalue weighted by Gasteiger charge is 2.15. The number of pyridine rings is 1. The SMILES string of the molecule is O=C(Cn1cc(Br)ccc1=O)NC1CCCCCC1. The monoisotopic (exact) mass is 326 g/mol. The predicted molar refractivity (Wildman–Crippen MR) is 78.0 cm³/mol. The van der Waals surface area contributed by atoms with Gasteiger partial charge in [-0.15, -0.1) is 0 Å². The lowest BCUT2D eigenvalue weighted by Gasteiger charge is -2.16. The van der Waals surface area contributed by atoms with Crippen LogP contribution in [0, 0.1) is 0 Å². The van der Waals surface area contributed by atoms with Crippen LogP contribution in [0.4, 0.5) is 0 Å². The van der Waals surface area contributed by atoms with Crippen LogP contribution in [0.1, 0.15) is 38.5 Å². The van der Waals surface area contributed by atoms with Gasteiger partial charge in [0, 0.05) is 22.8 Å². The summed E-state index contributed by atoms with van der Waals surface area (Å²) in [6, 6.07) is 3.42. The number of carbonyl (C=O) groups excluding carboxylic acids is 1. The summed E-state index contributed by atoms with van der Waals surface area (Å²) in [5.74, 6) is -0.0768. The van der Waals surface area contributed by atoms with Crippen molar-refractivity contribution in [1.82, 2.24) is 9.88 Å². The number of hydrogen-bond acceptors (Lipinski definition) is 2. The summed E-state index contributed by atoms with van der Waals surface area (Å²) in [6.07, 6.45) is 8.64. The maximum atomic E-state index is 12.0. The highest BCUT2D eigenvalue weighted by Crippen LogP contribution is 2.17. The molecule has 0 aliphatic heterocycles. The van der Waals surface area contributed by atoms with Crippen molar-refractivity contribution in [2.75, 3.05) is 0 Å². The molecule has 0 aromatic carbocycles. The summed E-state index contributed by atoms with van der Waals surface area (Å²) in [6.45, 7) is 0.0920. The van der Waals surface area contributed by atoms with Gasteiger partial charge in [0.05, 0.1) is 0 Å². The molecule has 0 atom stereocenters. The topological polar surface area (TPSA) is 51.1 Å². The molecule has 5 heteroatoms. The minimum atomic E-state index is -0.154. The smallest absolute Gasteiger partial charge is 0.251 e. The van der Waals surface area contributed by atoms with Crippen molar-refractivity contribution in [3.8, 4) is 0 Å². The van der Waals surface area contributed by atoms with Crippen molar-refractivity contribution in [1.29, 1.82) is 0 Å². The van der Waals surface area contributed by atoms with Crippen LogP contribution in [0.15, 0.2) is 27.6 Å². The number of halogens is 1. The molecular formula is C14H19BrN2O2. The lowest BCUT2D eigenvalue weighted by atomic mass is 10.1. The summed E-state index contributed by atoms with van der Waals surface area (Å²) in [5, 5.41) is 3.04. The van der Waals surface area contributed by atoms with Gasteiger partial charge in [0.1, 0.15) is 6.54 Å². The molecule has 0 radical (unpaired) electrons. The van der Waals surface area contributed by atoms with E-state index < -0.39 is 0 Å². The maximum absolute atomic E-state index is 12.0. The highest BCUT2D eigenvalue weighted by atomic mass is 79.9. The Bertz CT molecular complexity index is 490. The summed E-state index contributed by atoms with van der Waals surface area (Å²) in [5.41, 5.74) is -0.154. The van der Waals surface area contributed by atoms with Crippen LogP contribution in [0.25, 0.3) is 0 Å². The third-order valence-corrected chi connectivity index (χ3v) is 3.95. The summed E-state index contributed by atoms with van der Waals surface area (Å²) in [7, 11) is 0. The van der Waals surface area contributed by atoms with Crippen molar-refractivity contribution < 1.29 is 4.79 Å². The van der Waals surface area contributed by atoms with E-state index >= 15 is 0 Å². The van der Waals surface area contributed by atoms with Gasteiger partial charge in [0.25, 0.3) is 5.56 Å². The zero-order valence-electron chi connectivity index (χ0n) is 10.9. The second kappa shape index (κ2) is 6.89. The number of hydrogen-bond donors (Lipinski definition) is 1. The molecule has 19 heavy (non-hydrogen) atoms. The second-order valence-corrected chi connectivity index (χ2v) is 5.99. The molecule has 104 valence electrons. The molecule has 1 amide bonds. The van der Waals surface area contributed by atoms with Gasteiger partial charge < -0.3 is 9.88 Å². The van der Waals surface area contributed by atoms with E-state index in [4.69, 9.17) is 0 Å². The van der Waals surface area contributed by atoms with Gasteiger partial charge in [0.2, 0.25) is 5.91 Å². The molecule has 0 saturated heterocycles. The van der Waals surface area contributed by atoms with E-state index in [1.54, 1.807) is 12.3 Å². The number of amides is 1. The Balaban J connectivity index is 1.93. The molecule has 2 rings (SSSR count). The molecule has 1 aliphatic rings. The van der Waals surface area contributed by atoms with E-state index in [2.05, 4.69) is 21.2 Å². The largest absolute Gasteiger partial charge is 0.352 e. The predicted octanol–water partition coefficient (Wildman–Crippen LogP) is 2.45. The van der Waals surface area contributed by atoms with E-state index in [0.717, 1.165) is 17.3 Å². The first-order valence-corrected chi connectivity index (χ1v) is 7.60. The molecule has 0 spiro atoms. The Hall–Kier alpha value is -1.10. The lowest BCUT2D eigenvalue weighted by Crippen LogP contribution is -2.38. The van der Waals surface area contributed by atoms with Crippen LogP contribution in [0.2, 0.25) is 0 Å². The fourth-order valence-electron chi connectivity index (χ4n) is 2.48. The van der Waals surface area contributed by atoms with Crippen molar-refractivity contribution in [2.24, 2.45) is 0 Å². The van der Waals surface area contributed by atoms with Gasteiger partial charge in [-0.2, -0.15) is 0 Å². The Kier molecular flexibility index (Phi) is 5.19. The van der Waals surface area contributed by atoms with E-state index in [0.29, 0.717) is 0 Å².